The monoisotopic (exact) mass is 279 g/mol. The number of hydrogen-bond donors (Lipinski definition) is 3. The van der Waals surface area contributed by atoms with E-state index in [9.17, 15) is 23.4 Å². The van der Waals surface area contributed by atoms with E-state index in [0.29, 0.717) is 25.7 Å². The lowest BCUT2D eigenvalue weighted by Gasteiger charge is -2.32. The van der Waals surface area contributed by atoms with Gasteiger partial charge in [0.1, 0.15) is 5.25 Å². The first-order chi connectivity index (χ1) is 8.40. The van der Waals surface area contributed by atoms with Gasteiger partial charge >= 0.3 is 0 Å². The van der Waals surface area contributed by atoms with Crippen molar-refractivity contribution in [3.05, 3.63) is 0 Å². The van der Waals surface area contributed by atoms with Crippen LogP contribution in [0.5, 0.6) is 0 Å². The molecule has 106 valence electrons. The summed E-state index contributed by atoms with van der Waals surface area (Å²) in [4.78, 5) is 12.0. The van der Waals surface area contributed by atoms with Crippen LogP contribution in [0.4, 0.5) is 0 Å². The van der Waals surface area contributed by atoms with Crippen LogP contribution < -0.4 is 5.32 Å². The number of sulfone groups is 1. The van der Waals surface area contributed by atoms with E-state index in [4.69, 9.17) is 0 Å². The standard InChI is InChI=1S/C11H21NO5S/c1-2-11(7-13,8-14)12-10(15)9-5-3-4-6-18(9,16)17/h9,13-14H,2-8H2,1H3,(H,12,15). The van der Waals surface area contributed by atoms with Crippen LogP contribution in [0.1, 0.15) is 32.6 Å². The fourth-order valence-corrected chi connectivity index (χ4v) is 3.83. The number of aliphatic hydroxyl groups excluding tert-OH is 2. The Morgan fingerprint density at radius 2 is 1.94 bits per heavy atom. The first-order valence-electron chi connectivity index (χ1n) is 6.16. The van der Waals surface area contributed by atoms with Gasteiger partial charge in [-0.3, -0.25) is 4.79 Å². The molecule has 3 N–H and O–H groups in total. The van der Waals surface area contributed by atoms with Crippen LogP contribution in [0.15, 0.2) is 0 Å². The van der Waals surface area contributed by atoms with Gasteiger partial charge in [0.25, 0.3) is 0 Å². The zero-order chi connectivity index (χ0) is 13.8. The lowest BCUT2D eigenvalue weighted by Crippen LogP contribution is -2.57. The highest BCUT2D eigenvalue weighted by Gasteiger charge is 2.38. The number of carbonyl (C=O) groups excluding carboxylic acids is 1. The maximum absolute atomic E-state index is 12.0. The van der Waals surface area contributed by atoms with Gasteiger partial charge in [-0.25, -0.2) is 8.42 Å². The van der Waals surface area contributed by atoms with Crippen molar-refractivity contribution in [3.63, 3.8) is 0 Å². The molecule has 1 amide bonds. The van der Waals surface area contributed by atoms with Gasteiger partial charge in [0.15, 0.2) is 9.84 Å². The summed E-state index contributed by atoms with van der Waals surface area (Å²) in [5.41, 5.74) is -1.13. The molecular weight excluding hydrogens is 258 g/mol. The highest BCUT2D eigenvalue weighted by molar-refractivity contribution is 7.92. The molecular formula is C11H21NO5S. The van der Waals surface area contributed by atoms with Gasteiger partial charge in [-0.05, 0) is 19.3 Å². The molecule has 1 fully saturated rings. The number of nitrogens with one attached hydrogen (secondary N) is 1. The summed E-state index contributed by atoms with van der Waals surface area (Å²) in [5.74, 6) is -0.581. The Balaban J connectivity index is 2.81. The fraction of sp³-hybridized carbons (Fsp3) is 0.909. The van der Waals surface area contributed by atoms with Crippen LogP contribution in [0.25, 0.3) is 0 Å². The number of carbonyl (C=O) groups is 1. The van der Waals surface area contributed by atoms with Gasteiger partial charge in [0.05, 0.1) is 24.5 Å². The van der Waals surface area contributed by atoms with E-state index in [0.717, 1.165) is 0 Å². The third-order valence-electron chi connectivity index (χ3n) is 3.54. The lowest BCUT2D eigenvalue weighted by atomic mass is 9.98. The SMILES string of the molecule is CCC(CO)(CO)NC(=O)C1CCCCS1(=O)=O. The second-order valence-electron chi connectivity index (χ2n) is 4.79. The van der Waals surface area contributed by atoms with Crippen LogP contribution >= 0.6 is 0 Å². The average Bonchev–Trinajstić information content (AvgIpc) is 2.35. The molecule has 1 atom stereocenters. The smallest absolute Gasteiger partial charge is 0.238 e. The van der Waals surface area contributed by atoms with Gasteiger partial charge in [-0.2, -0.15) is 0 Å². The molecule has 0 aromatic carbocycles. The van der Waals surface area contributed by atoms with E-state index in [2.05, 4.69) is 5.32 Å². The van der Waals surface area contributed by atoms with Crippen molar-refractivity contribution in [1.29, 1.82) is 0 Å². The van der Waals surface area contributed by atoms with Crippen molar-refractivity contribution in [1.82, 2.24) is 5.32 Å². The second kappa shape index (κ2) is 5.99. The highest BCUT2D eigenvalue weighted by Crippen LogP contribution is 2.21. The maximum Gasteiger partial charge on any atom is 0.238 e. The molecule has 6 nitrogen and oxygen atoms in total. The van der Waals surface area contributed by atoms with E-state index < -0.39 is 39.7 Å². The van der Waals surface area contributed by atoms with Gasteiger partial charge in [-0.1, -0.05) is 13.3 Å². The van der Waals surface area contributed by atoms with E-state index in [1.807, 2.05) is 0 Å². The molecule has 0 radical (unpaired) electrons. The summed E-state index contributed by atoms with van der Waals surface area (Å²) in [6.45, 7) is 0.874. The lowest BCUT2D eigenvalue weighted by molar-refractivity contribution is -0.124. The van der Waals surface area contributed by atoms with E-state index in [-0.39, 0.29) is 5.75 Å². The first kappa shape index (κ1) is 15.4. The predicted molar refractivity (Wildman–Crippen MR) is 66.8 cm³/mol. The van der Waals surface area contributed by atoms with E-state index in [1.165, 1.54) is 0 Å². The number of hydrogen-bond acceptors (Lipinski definition) is 5. The zero-order valence-electron chi connectivity index (χ0n) is 10.6. The van der Waals surface area contributed by atoms with Crippen molar-refractivity contribution in [2.75, 3.05) is 19.0 Å². The molecule has 1 rings (SSSR count). The van der Waals surface area contributed by atoms with Crippen molar-refractivity contribution in [3.8, 4) is 0 Å². The van der Waals surface area contributed by atoms with Crippen molar-refractivity contribution in [2.45, 2.75) is 43.4 Å². The number of rotatable bonds is 5. The largest absolute Gasteiger partial charge is 0.394 e. The molecule has 1 aliphatic heterocycles. The average molecular weight is 279 g/mol. The van der Waals surface area contributed by atoms with Crippen molar-refractivity contribution in [2.24, 2.45) is 0 Å². The van der Waals surface area contributed by atoms with Crippen LogP contribution in [-0.4, -0.2) is 54.3 Å². The number of amides is 1. The van der Waals surface area contributed by atoms with Crippen molar-refractivity contribution >= 4 is 15.7 Å². The molecule has 1 heterocycles. The molecule has 7 heteroatoms. The molecule has 1 unspecified atom stereocenters. The Morgan fingerprint density at radius 3 is 2.39 bits per heavy atom. The van der Waals surface area contributed by atoms with Gasteiger partial charge in [-0.15, -0.1) is 0 Å². The minimum Gasteiger partial charge on any atom is -0.394 e. The summed E-state index contributed by atoms with van der Waals surface area (Å²) in [7, 11) is -3.40. The number of aliphatic hydroxyl groups is 2. The Hall–Kier alpha value is -0.660. The summed E-state index contributed by atoms with van der Waals surface area (Å²) in [6, 6.07) is 0. The second-order valence-corrected chi connectivity index (χ2v) is 7.09. The van der Waals surface area contributed by atoms with Crippen LogP contribution in [0.2, 0.25) is 0 Å². The maximum atomic E-state index is 12.0. The minimum atomic E-state index is -3.40. The minimum absolute atomic E-state index is 0.0302. The Bertz CT molecular complexity index is 380. The molecule has 0 saturated carbocycles. The molecule has 18 heavy (non-hydrogen) atoms. The summed E-state index contributed by atoms with van der Waals surface area (Å²) >= 11 is 0. The summed E-state index contributed by atoms with van der Waals surface area (Å²) in [5, 5.41) is 19.9. The molecule has 0 aromatic rings. The van der Waals surface area contributed by atoms with Crippen molar-refractivity contribution < 1.29 is 23.4 Å². The normalized spacial score (nSPS) is 23.6. The van der Waals surface area contributed by atoms with Crippen LogP contribution in [0, 0.1) is 0 Å². The summed E-state index contributed by atoms with van der Waals surface area (Å²) < 4.78 is 23.6. The molecule has 0 aliphatic carbocycles. The summed E-state index contributed by atoms with van der Waals surface area (Å²) in [6.07, 6.45) is 1.93. The Labute approximate surface area is 107 Å². The molecule has 0 spiro atoms. The quantitative estimate of drug-likeness (QED) is 0.611. The molecule has 1 saturated heterocycles. The van der Waals surface area contributed by atoms with Crippen LogP contribution in [-0.2, 0) is 14.6 Å². The van der Waals surface area contributed by atoms with Gasteiger partial charge in [0.2, 0.25) is 5.91 Å². The topological polar surface area (TPSA) is 104 Å². The zero-order valence-corrected chi connectivity index (χ0v) is 11.4. The Kier molecular flexibility index (Phi) is 5.12. The Morgan fingerprint density at radius 1 is 1.33 bits per heavy atom. The first-order valence-corrected chi connectivity index (χ1v) is 7.87. The predicted octanol–water partition coefficient (Wildman–Crippen LogP) is -0.797. The van der Waals surface area contributed by atoms with E-state index >= 15 is 0 Å². The molecule has 0 bridgehead atoms. The van der Waals surface area contributed by atoms with Gasteiger partial charge in [0, 0.05) is 0 Å². The molecule has 1 aliphatic rings. The highest BCUT2D eigenvalue weighted by atomic mass is 32.2. The third-order valence-corrected chi connectivity index (χ3v) is 5.72. The van der Waals surface area contributed by atoms with Crippen LogP contribution in [0.3, 0.4) is 0 Å². The fourth-order valence-electron chi connectivity index (χ4n) is 2.03. The molecule has 0 aromatic heterocycles. The van der Waals surface area contributed by atoms with Gasteiger partial charge < -0.3 is 15.5 Å². The van der Waals surface area contributed by atoms with E-state index in [1.54, 1.807) is 6.92 Å². The third kappa shape index (κ3) is 3.21.